The molecule has 0 atom stereocenters. The van der Waals surface area contributed by atoms with Gasteiger partial charge >= 0.3 is 203 Å². The minimum Gasteiger partial charge on any atom is 0 e. The molecule has 2 heterocycles. The van der Waals surface area contributed by atoms with Crippen molar-refractivity contribution in [3.05, 3.63) is 157 Å². The Morgan fingerprint density at radius 2 is 1.22 bits per heavy atom. The van der Waals surface area contributed by atoms with Crippen molar-refractivity contribution in [2.24, 2.45) is 11.8 Å². The maximum atomic E-state index is 11.7. The Hall–Kier alpha value is -3.55. The number of fused-ring (bicyclic) bond motifs is 1. The van der Waals surface area contributed by atoms with Gasteiger partial charge in [0.2, 0.25) is 0 Å². The number of pyridine rings is 1. The number of hydrogen-bond acceptors (Lipinski definition) is 3. The Kier molecular flexibility index (Phi) is 14.8. The second-order valence-electron chi connectivity index (χ2n) is 12.0. The zero-order valence-corrected chi connectivity index (χ0v) is 33.7. The van der Waals surface area contributed by atoms with Gasteiger partial charge in [-0.1, -0.05) is 27.7 Å². The Balaban J connectivity index is 0.000000290. The second kappa shape index (κ2) is 19.0. The van der Waals surface area contributed by atoms with Crippen LogP contribution in [0.1, 0.15) is 64.6 Å². The summed E-state index contributed by atoms with van der Waals surface area (Å²) in [7, 11) is 0. The predicted octanol–water partition coefficient (Wildman–Crippen LogP) is 9.68. The topological polar surface area (TPSA) is 50.2 Å². The Bertz CT molecular complexity index is 1840. The maximum Gasteiger partial charge on any atom is 0 e. The molecule has 1 radical (unpaired) electrons. The summed E-state index contributed by atoms with van der Waals surface area (Å²) in [5.41, 5.74) is 7.16. The van der Waals surface area contributed by atoms with Crippen molar-refractivity contribution in [1.29, 1.82) is 0 Å². The molecule has 5 aromatic rings. The monoisotopic (exact) mass is 933 g/mol. The average Bonchev–Trinajstić information content (AvgIpc) is 3.54. The minimum atomic E-state index is -2.16. The average molecular weight is 934 g/mol. The summed E-state index contributed by atoms with van der Waals surface area (Å²) in [6, 6.07) is 43.4. The first-order valence-electron chi connectivity index (χ1n) is 17.1. The minimum absolute atomic E-state index is 0. The van der Waals surface area contributed by atoms with Crippen LogP contribution >= 0.6 is 0 Å². The van der Waals surface area contributed by atoms with Crippen LogP contribution in [0.15, 0.2) is 139 Å². The molecule has 0 fully saturated rings. The molecular weight excluding hydrogens is 888 g/mol. The van der Waals surface area contributed by atoms with E-state index in [1.807, 2.05) is 33.9 Å². The first kappa shape index (κ1) is 38.3. The standard InChI is InChI=1S/C25H16N.C13H24O2.C6H5.Ir.Sb/c1-3-7-20(8-4-1)11-16-25-19-24(17-18-26-25)23-14-12-22(13-15-23)21-9-5-2-6-10-21;1-5-10(6-2)12(14)9-13(15)11(7-3)8-4;1-2-4-6-5-3-1;;/h1-7,9-10,12-15,17-19H;9-11,14H,5-8H2,1-4H3;1-5H;;/q-1;;;;/b;12-9-;;;. The van der Waals surface area contributed by atoms with Crippen LogP contribution in [-0.2, 0) is 24.9 Å². The Morgan fingerprint density at radius 1 is 0.694 bits per heavy atom. The van der Waals surface area contributed by atoms with E-state index in [4.69, 9.17) is 4.98 Å². The van der Waals surface area contributed by atoms with Gasteiger partial charge in [0, 0.05) is 38.0 Å². The number of aliphatic hydroxyl groups excluding tert-OH is 1. The molecule has 5 heteroatoms. The van der Waals surface area contributed by atoms with Crippen molar-refractivity contribution in [1.82, 2.24) is 4.98 Å². The van der Waals surface area contributed by atoms with Gasteiger partial charge in [0.25, 0.3) is 0 Å². The maximum absolute atomic E-state index is 11.7. The first-order valence-corrected chi connectivity index (χ1v) is 20.9. The van der Waals surface area contributed by atoms with Gasteiger partial charge in [0.15, 0.2) is 5.78 Å². The van der Waals surface area contributed by atoms with E-state index in [0.29, 0.717) is 0 Å². The van der Waals surface area contributed by atoms with E-state index in [2.05, 4.69) is 127 Å². The zero-order valence-electron chi connectivity index (χ0n) is 28.8. The zero-order chi connectivity index (χ0) is 33.9. The fourth-order valence-corrected chi connectivity index (χ4v) is 13.1. The summed E-state index contributed by atoms with van der Waals surface area (Å²) in [4.78, 5) is 16.5. The molecule has 3 nitrogen and oxygen atoms in total. The number of ketones is 1. The van der Waals surface area contributed by atoms with Gasteiger partial charge in [0.05, 0.1) is 5.76 Å². The van der Waals surface area contributed by atoms with Crippen molar-refractivity contribution in [3.63, 3.8) is 0 Å². The van der Waals surface area contributed by atoms with E-state index in [1.165, 1.54) is 44.4 Å². The SMILES string of the molecule is CCC(CC)C(=O)/C=C(\O)C(CC)CC.[C-]1=[C](c2cc(-c3ccc(-c4ccccc4)cc3)ccn2)[Sb]([c]2ccccc2)[c]2ccccc21.[Ir]. The number of nitrogens with zero attached hydrogens (tertiary/aromatic N) is 1. The largest absolute Gasteiger partial charge is 0 e. The van der Waals surface area contributed by atoms with Crippen LogP contribution in [0.3, 0.4) is 0 Å². The number of hydrogen-bond donors (Lipinski definition) is 1. The molecule has 1 aliphatic rings. The number of benzene rings is 4. The van der Waals surface area contributed by atoms with E-state index in [0.717, 1.165) is 31.4 Å². The third-order valence-corrected chi connectivity index (χ3v) is 16.1. The summed E-state index contributed by atoms with van der Waals surface area (Å²) < 4.78 is 4.24. The van der Waals surface area contributed by atoms with Gasteiger partial charge in [-0.3, -0.25) is 4.79 Å². The summed E-state index contributed by atoms with van der Waals surface area (Å²) in [6.07, 6.45) is 10.6. The molecule has 253 valence electrons. The summed E-state index contributed by atoms with van der Waals surface area (Å²) in [5.74, 6) is 0.547. The van der Waals surface area contributed by atoms with Crippen molar-refractivity contribution in [3.8, 4) is 22.3 Å². The Labute approximate surface area is 313 Å². The molecule has 0 unspecified atom stereocenters. The summed E-state index contributed by atoms with van der Waals surface area (Å²) >= 11 is -2.16. The number of rotatable bonds is 11. The summed E-state index contributed by atoms with van der Waals surface area (Å²) in [6.45, 7) is 8.07. The molecule has 0 aliphatic carbocycles. The van der Waals surface area contributed by atoms with E-state index < -0.39 is 20.2 Å². The molecule has 1 N–H and O–H groups in total. The molecule has 0 amide bonds. The van der Waals surface area contributed by atoms with Crippen molar-refractivity contribution in [2.45, 2.75) is 53.4 Å². The summed E-state index contributed by atoms with van der Waals surface area (Å²) in [5, 5.41) is 9.76. The van der Waals surface area contributed by atoms with E-state index >= 15 is 0 Å². The third kappa shape index (κ3) is 9.58. The van der Waals surface area contributed by atoms with Gasteiger partial charge < -0.3 is 5.11 Å². The smallest absolute Gasteiger partial charge is 0 e. The van der Waals surface area contributed by atoms with Crippen molar-refractivity contribution >= 4 is 36.5 Å². The molecular formula is C44H45IrNO2Sb-. The molecule has 0 spiro atoms. The van der Waals surface area contributed by atoms with E-state index in [-0.39, 0.29) is 43.5 Å². The fraction of sp³-hybridized carbons (Fsp3) is 0.227. The molecule has 1 aliphatic heterocycles. The third-order valence-electron chi connectivity index (χ3n) is 9.05. The van der Waals surface area contributed by atoms with E-state index in [9.17, 15) is 9.90 Å². The molecule has 6 rings (SSSR count). The van der Waals surface area contributed by atoms with Gasteiger partial charge in [-0.25, -0.2) is 0 Å². The van der Waals surface area contributed by atoms with Gasteiger partial charge in [-0.05, 0) is 25.7 Å². The quantitative estimate of drug-likeness (QED) is 0.0622. The number of aliphatic hydroxyl groups is 1. The molecule has 0 bridgehead atoms. The van der Waals surface area contributed by atoms with Crippen molar-refractivity contribution < 1.29 is 30.0 Å². The normalized spacial score (nSPS) is 12.5. The van der Waals surface area contributed by atoms with Crippen LogP contribution < -0.4 is 7.02 Å². The number of carbonyl (C=O) groups excluding carboxylic acids is 1. The molecule has 49 heavy (non-hydrogen) atoms. The second-order valence-corrected chi connectivity index (χ2v) is 18.1. The van der Waals surface area contributed by atoms with Crippen LogP contribution in [0.2, 0.25) is 0 Å². The first-order chi connectivity index (χ1) is 23.5. The number of aromatic nitrogens is 1. The van der Waals surface area contributed by atoms with Crippen LogP contribution in [-0.4, -0.2) is 36.1 Å². The van der Waals surface area contributed by atoms with E-state index in [1.54, 1.807) is 0 Å². The predicted molar refractivity (Wildman–Crippen MR) is 203 cm³/mol. The van der Waals surface area contributed by atoms with Crippen LogP contribution in [0.25, 0.3) is 25.8 Å². The number of allylic oxidation sites excluding steroid dienone is 2. The van der Waals surface area contributed by atoms with Gasteiger partial charge in [-0.2, -0.15) is 0 Å². The number of carbonyl (C=O) groups is 1. The van der Waals surface area contributed by atoms with Crippen LogP contribution in [0, 0.1) is 17.9 Å². The van der Waals surface area contributed by atoms with Crippen molar-refractivity contribution in [2.75, 3.05) is 0 Å². The fourth-order valence-electron chi connectivity index (χ4n) is 6.11. The van der Waals surface area contributed by atoms with Gasteiger partial charge in [0.1, 0.15) is 0 Å². The molecule has 0 saturated heterocycles. The Morgan fingerprint density at radius 3 is 1.84 bits per heavy atom. The molecule has 0 saturated carbocycles. The molecule has 1 aromatic heterocycles. The van der Waals surface area contributed by atoms with Crippen LogP contribution in [0.4, 0.5) is 0 Å². The van der Waals surface area contributed by atoms with Crippen LogP contribution in [0.5, 0.6) is 0 Å². The van der Waals surface area contributed by atoms with Gasteiger partial charge in [-0.15, -0.1) is 0 Å². The molecule has 4 aromatic carbocycles.